The molecule has 0 radical (unpaired) electrons. The van der Waals surface area contributed by atoms with E-state index in [1.54, 1.807) is 12.3 Å². The van der Waals surface area contributed by atoms with Gasteiger partial charge in [0.2, 0.25) is 0 Å². The van der Waals surface area contributed by atoms with Gasteiger partial charge in [-0.3, -0.25) is 4.79 Å². The van der Waals surface area contributed by atoms with Crippen molar-refractivity contribution in [2.45, 2.75) is 33.3 Å². The number of rotatable bonds is 8. The van der Waals surface area contributed by atoms with Crippen LogP contribution in [-0.4, -0.2) is 22.5 Å². The van der Waals surface area contributed by atoms with Crippen LogP contribution in [0.3, 0.4) is 0 Å². The summed E-state index contributed by atoms with van der Waals surface area (Å²) in [5.41, 5.74) is 2.22. The first-order valence-corrected chi connectivity index (χ1v) is 13.7. The van der Waals surface area contributed by atoms with Gasteiger partial charge in [0, 0.05) is 24.9 Å². The Morgan fingerprint density at radius 1 is 0.972 bits per heavy atom. The molecular weight excluding hydrogens is 654 g/mol. The smallest absolute Gasteiger partial charge is 0.282 e. The zero-order valence-corrected chi connectivity index (χ0v) is 24.7. The van der Waals surface area contributed by atoms with Gasteiger partial charge >= 0.3 is 0 Å². The van der Waals surface area contributed by atoms with Gasteiger partial charge in [0.25, 0.3) is 5.56 Å². The Morgan fingerprint density at radius 3 is 2.44 bits per heavy atom. The third-order valence-electron chi connectivity index (χ3n) is 5.34. The molecule has 0 amide bonds. The molecule has 0 aliphatic rings. The molecule has 1 heterocycles. The molecule has 9 heteroatoms. The summed E-state index contributed by atoms with van der Waals surface area (Å²) < 4.78 is 16.0. The Balaban J connectivity index is 1.65. The fraction of sp³-hybridized carbons (Fsp3) is 0.222. The maximum absolute atomic E-state index is 13.3. The summed E-state index contributed by atoms with van der Waals surface area (Å²) in [6.07, 6.45) is 1.64. The van der Waals surface area contributed by atoms with E-state index in [9.17, 15) is 4.79 Å². The van der Waals surface area contributed by atoms with Crippen molar-refractivity contribution in [3.8, 4) is 11.5 Å². The third kappa shape index (κ3) is 6.07. The summed E-state index contributed by atoms with van der Waals surface area (Å²) in [7, 11) is 0. The predicted octanol–water partition coefficient (Wildman–Crippen LogP) is 7.67. The van der Waals surface area contributed by atoms with Crippen LogP contribution >= 0.6 is 47.8 Å². The van der Waals surface area contributed by atoms with Crippen molar-refractivity contribution in [3.63, 3.8) is 0 Å². The highest BCUT2D eigenvalue weighted by atomic mass is 79.9. The van der Waals surface area contributed by atoms with Crippen LogP contribution in [0.2, 0.25) is 0 Å². The Morgan fingerprint density at radius 2 is 1.72 bits per heavy atom. The molecule has 0 unspecified atom stereocenters. The topological polar surface area (TPSA) is 65.7 Å². The van der Waals surface area contributed by atoms with E-state index in [4.69, 9.17) is 14.5 Å². The van der Waals surface area contributed by atoms with Gasteiger partial charge in [-0.25, -0.2) is 4.98 Å². The van der Waals surface area contributed by atoms with Crippen LogP contribution in [0, 0.1) is 0 Å². The molecule has 4 rings (SSSR count). The van der Waals surface area contributed by atoms with Gasteiger partial charge in [-0.1, -0.05) is 67.7 Å². The summed E-state index contributed by atoms with van der Waals surface area (Å²) in [6.45, 7) is 6.76. The minimum atomic E-state index is -0.216. The first-order valence-electron chi connectivity index (χ1n) is 11.4. The van der Waals surface area contributed by atoms with E-state index in [0.29, 0.717) is 41.4 Å². The molecule has 0 saturated carbocycles. The van der Waals surface area contributed by atoms with Gasteiger partial charge in [-0.05, 0) is 61.0 Å². The number of halogens is 3. The highest BCUT2D eigenvalue weighted by Crippen LogP contribution is 2.30. The lowest BCUT2D eigenvalue weighted by atomic mass is 10.2. The van der Waals surface area contributed by atoms with Crippen LogP contribution in [0.4, 0.5) is 0 Å². The molecule has 36 heavy (non-hydrogen) atoms. The number of aromatic nitrogens is 2. The van der Waals surface area contributed by atoms with Crippen molar-refractivity contribution in [3.05, 3.63) is 95.3 Å². The Bertz CT molecular complexity index is 1500. The highest BCUT2D eigenvalue weighted by molar-refractivity contribution is 9.11. The summed E-state index contributed by atoms with van der Waals surface area (Å²) in [5, 5.41) is 5.02. The maximum Gasteiger partial charge on any atom is 0.282 e. The molecule has 1 aromatic heterocycles. The van der Waals surface area contributed by atoms with E-state index in [-0.39, 0.29) is 11.5 Å². The molecule has 6 nitrogen and oxygen atoms in total. The molecule has 0 aliphatic heterocycles. The molecule has 0 fully saturated rings. The normalized spacial score (nSPS) is 11.5. The van der Waals surface area contributed by atoms with Gasteiger partial charge in [0.15, 0.2) is 11.5 Å². The summed E-state index contributed by atoms with van der Waals surface area (Å²) in [4.78, 5) is 17.9. The summed E-state index contributed by atoms with van der Waals surface area (Å²) in [5.74, 6) is 1.83. The van der Waals surface area contributed by atoms with E-state index < -0.39 is 0 Å². The Hall–Kier alpha value is -2.49. The fourth-order valence-corrected chi connectivity index (χ4v) is 5.08. The van der Waals surface area contributed by atoms with Crippen molar-refractivity contribution in [2.24, 2.45) is 5.10 Å². The average Bonchev–Trinajstić information content (AvgIpc) is 2.84. The Labute approximate surface area is 234 Å². The lowest BCUT2D eigenvalue weighted by Crippen LogP contribution is -2.23. The largest absolute Gasteiger partial charge is 0.490 e. The van der Waals surface area contributed by atoms with Crippen LogP contribution in [0.25, 0.3) is 10.9 Å². The van der Waals surface area contributed by atoms with Crippen molar-refractivity contribution in [2.75, 3.05) is 6.61 Å². The van der Waals surface area contributed by atoms with Gasteiger partial charge in [0.1, 0.15) is 12.4 Å². The van der Waals surface area contributed by atoms with E-state index in [2.05, 4.69) is 52.9 Å². The molecular formula is C27H24Br3N3O3. The van der Waals surface area contributed by atoms with Crippen molar-refractivity contribution < 1.29 is 9.47 Å². The van der Waals surface area contributed by atoms with E-state index >= 15 is 0 Å². The predicted molar refractivity (Wildman–Crippen MR) is 155 cm³/mol. The van der Waals surface area contributed by atoms with Crippen LogP contribution in [0.15, 0.2) is 77.9 Å². The summed E-state index contributed by atoms with van der Waals surface area (Å²) >= 11 is 10.5. The third-order valence-corrected chi connectivity index (χ3v) is 7.06. The second-order valence-electron chi connectivity index (χ2n) is 8.31. The summed E-state index contributed by atoms with van der Waals surface area (Å²) in [6, 6.07) is 17.0. The SMILES string of the molecule is CCOc1cc(C=Nn2c(C(C)C)nc3ccc(Br)cc3c2=O)ccc1OCc1ccc(Br)cc1Br. The van der Waals surface area contributed by atoms with Crippen LogP contribution in [-0.2, 0) is 6.61 Å². The van der Waals surface area contributed by atoms with Gasteiger partial charge in [-0.2, -0.15) is 9.78 Å². The molecule has 0 saturated heterocycles. The van der Waals surface area contributed by atoms with Gasteiger partial charge < -0.3 is 9.47 Å². The van der Waals surface area contributed by atoms with E-state index in [1.807, 2.05) is 69.3 Å². The number of nitrogens with zero attached hydrogens (tertiary/aromatic N) is 3. The zero-order chi connectivity index (χ0) is 25.8. The first-order chi connectivity index (χ1) is 17.3. The number of hydrogen-bond acceptors (Lipinski definition) is 5. The van der Waals surface area contributed by atoms with E-state index in [0.717, 1.165) is 24.5 Å². The van der Waals surface area contributed by atoms with Crippen molar-refractivity contribution in [1.82, 2.24) is 9.66 Å². The molecule has 0 aliphatic carbocycles. The molecule has 0 atom stereocenters. The van der Waals surface area contributed by atoms with Crippen molar-refractivity contribution >= 4 is 64.9 Å². The molecule has 0 N–H and O–H groups in total. The number of ether oxygens (including phenoxy) is 2. The zero-order valence-electron chi connectivity index (χ0n) is 20.0. The molecule has 4 aromatic rings. The molecule has 186 valence electrons. The van der Waals surface area contributed by atoms with Crippen LogP contribution in [0.5, 0.6) is 11.5 Å². The molecule has 0 spiro atoms. The average molecular weight is 678 g/mol. The Kier molecular flexibility index (Phi) is 8.64. The minimum Gasteiger partial charge on any atom is -0.490 e. The second-order valence-corrected chi connectivity index (χ2v) is 11.0. The number of hydrogen-bond donors (Lipinski definition) is 0. The number of fused-ring (bicyclic) bond motifs is 1. The van der Waals surface area contributed by atoms with E-state index in [1.165, 1.54) is 4.68 Å². The lowest BCUT2D eigenvalue weighted by molar-refractivity contribution is 0.269. The highest BCUT2D eigenvalue weighted by Gasteiger charge is 2.14. The quantitative estimate of drug-likeness (QED) is 0.180. The minimum absolute atomic E-state index is 0.00981. The first kappa shape index (κ1) is 26.6. The monoisotopic (exact) mass is 675 g/mol. The van der Waals surface area contributed by atoms with Gasteiger partial charge in [-0.15, -0.1) is 0 Å². The maximum atomic E-state index is 13.3. The van der Waals surface area contributed by atoms with Crippen LogP contribution in [0.1, 0.15) is 43.6 Å². The van der Waals surface area contributed by atoms with Gasteiger partial charge in [0.05, 0.1) is 23.7 Å². The molecule has 3 aromatic carbocycles. The van der Waals surface area contributed by atoms with Crippen molar-refractivity contribution in [1.29, 1.82) is 0 Å². The number of benzene rings is 3. The second kappa shape index (κ2) is 11.7. The molecule has 0 bridgehead atoms. The lowest BCUT2D eigenvalue weighted by Gasteiger charge is -2.14. The standard InChI is InChI=1S/C27H24Br3N3O3/c1-4-35-25-11-17(5-10-24(25)36-15-18-6-7-20(29)13-22(18)30)14-31-33-26(16(2)3)32-23-9-8-19(28)12-21(23)27(33)34/h5-14,16H,4,15H2,1-3H3. The van der Waals surface area contributed by atoms with Crippen LogP contribution < -0.4 is 15.0 Å². The fourth-order valence-electron chi connectivity index (χ4n) is 3.56.